The molecule has 3 aromatic rings. The zero-order chi connectivity index (χ0) is 16.9. The van der Waals surface area contributed by atoms with Gasteiger partial charge in [0.25, 0.3) is 5.69 Å². The predicted molar refractivity (Wildman–Crippen MR) is 88.3 cm³/mol. The lowest BCUT2D eigenvalue weighted by Crippen LogP contribution is -1.87. The van der Waals surface area contributed by atoms with Crippen molar-refractivity contribution in [1.82, 2.24) is 10.2 Å². The Labute approximate surface area is 137 Å². The molecule has 0 amide bonds. The van der Waals surface area contributed by atoms with Gasteiger partial charge in [0, 0.05) is 23.8 Å². The summed E-state index contributed by atoms with van der Waals surface area (Å²) in [5, 5.41) is 18.5. The van der Waals surface area contributed by atoms with Gasteiger partial charge >= 0.3 is 0 Å². The maximum absolute atomic E-state index is 10.7. The normalized spacial score (nSPS) is 10.9. The fourth-order valence-electron chi connectivity index (χ4n) is 2.03. The van der Waals surface area contributed by atoms with Crippen LogP contribution in [0.3, 0.4) is 0 Å². The molecule has 0 fully saturated rings. The van der Waals surface area contributed by atoms with Gasteiger partial charge in [0.15, 0.2) is 0 Å². The van der Waals surface area contributed by atoms with Gasteiger partial charge in [-0.25, -0.2) is 0 Å². The number of non-ortho nitro benzene ring substituents is 1. The quantitative estimate of drug-likeness (QED) is 0.523. The topological polar surface area (TPSA) is 91.3 Å². The van der Waals surface area contributed by atoms with E-state index < -0.39 is 4.92 Å². The van der Waals surface area contributed by atoms with Crippen LogP contribution in [0.2, 0.25) is 0 Å². The zero-order valence-corrected chi connectivity index (χ0v) is 12.7. The Bertz CT molecular complexity index is 868. The second-order valence-electron chi connectivity index (χ2n) is 4.86. The van der Waals surface area contributed by atoms with Gasteiger partial charge in [0.1, 0.15) is 5.75 Å². The number of rotatable bonds is 5. The van der Waals surface area contributed by atoms with Crippen LogP contribution >= 0.6 is 0 Å². The molecular weight excluding hydrogens is 310 g/mol. The van der Waals surface area contributed by atoms with Gasteiger partial charge in [0.05, 0.1) is 12.0 Å². The van der Waals surface area contributed by atoms with Crippen molar-refractivity contribution < 1.29 is 14.1 Å². The van der Waals surface area contributed by atoms with Gasteiger partial charge in [-0.3, -0.25) is 10.1 Å². The first-order chi connectivity index (χ1) is 11.7. The number of benzene rings is 2. The molecule has 2 aromatic carbocycles. The minimum Gasteiger partial charge on any atom is -0.497 e. The first-order valence-corrected chi connectivity index (χ1v) is 7.06. The molecule has 24 heavy (non-hydrogen) atoms. The molecule has 0 saturated carbocycles. The Morgan fingerprint density at radius 2 is 1.75 bits per heavy atom. The minimum atomic E-state index is -0.458. The third-order valence-corrected chi connectivity index (χ3v) is 3.30. The summed E-state index contributed by atoms with van der Waals surface area (Å²) in [6.45, 7) is 0. The fraction of sp³-hybridized carbons (Fsp3) is 0.0588. The van der Waals surface area contributed by atoms with E-state index in [1.165, 1.54) is 12.1 Å². The third kappa shape index (κ3) is 3.46. The first kappa shape index (κ1) is 15.4. The van der Waals surface area contributed by atoms with E-state index in [1.807, 2.05) is 30.3 Å². The first-order valence-electron chi connectivity index (χ1n) is 7.06. The van der Waals surface area contributed by atoms with Crippen molar-refractivity contribution in [1.29, 1.82) is 0 Å². The Morgan fingerprint density at radius 1 is 1.04 bits per heavy atom. The molecule has 0 unspecified atom stereocenters. The SMILES string of the molecule is COc1ccc(/C=C/c2nnc(-c3ccc([N+](=O)[O-])cc3)o2)cc1. The Hall–Kier alpha value is -3.48. The lowest BCUT2D eigenvalue weighted by Gasteiger charge is -1.98. The highest BCUT2D eigenvalue weighted by Crippen LogP contribution is 2.22. The van der Waals surface area contributed by atoms with Crippen LogP contribution < -0.4 is 4.74 Å². The van der Waals surface area contributed by atoms with E-state index in [4.69, 9.17) is 9.15 Å². The number of nitro benzene ring substituents is 1. The Kier molecular flexibility index (Phi) is 4.33. The summed E-state index contributed by atoms with van der Waals surface area (Å²) in [6, 6.07) is 13.5. The number of nitro groups is 1. The molecule has 1 aromatic heterocycles. The Balaban J connectivity index is 1.74. The van der Waals surface area contributed by atoms with Gasteiger partial charge in [-0.1, -0.05) is 12.1 Å². The van der Waals surface area contributed by atoms with Gasteiger partial charge in [-0.05, 0) is 35.9 Å². The van der Waals surface area contributed by atoms with E-state index in [0.717, 1.165) is 11.3 Å². The molecule has 0 bridgehead atoms. The van der Waals surface area contributed by atoms with Crippen molar-refractivity contribution in [3.8, 4) is 17.2 Å². The molecular formula is C17H13N3O4. The average molecular weight is 323 g/mol. The lowest BCUT2D eigenvalue weighted by molar-refractivity contribution is -0.384. The summed E-state index contributed by atoms with van der Waals surface area (Å²) in [5.41, 5.74) is 1.60. The molecule has 7 heteroatoms. The highest BCUT2D eigenvalue weighted by molar-refractivity contribution is 5.67. The van der Waals surface area contributed by atoms with Crippen molar-refractivity contribution in [3.05, 3.63) is 70.1 Å². The van der Waals surface area contributed by atoms with Crippen molar-refractivity contribution in [2.24, 2.45) is 0 Å². The van der Waals surface area contributed by atoms with Crippen LogP contribution in [0, 0.1) is 10.1 Å². The molecule has 0 aliphatic carbocycles. The molecule has 0 spiro atoms. The molecule has 3 rings (SSSR count). The molecule has 0 aliphatic heterocycles. The number of hydrogen-bond acceptors (Lipinski definition) is 6. The van der Waals surface area contributed by atoms with Gasteiger partial charge in [-0.2, -0.15) is 0 Å². The van der Waals surface area contributed by atoms with Crippen LogP contribution in [-0.4, -0.2) is 22.2 Å². The summed E-state index contributed by atoms with van der Waals surface area (Å²) < 4.78 is 10.6. The summed E-state index contributed by atoms with van der Waals surface area (Å²) in [4.78, 5) is 10.2. The number of aromatic nitrogens is 2. The maximum atomic E-state index is 10.7. The zero-order valence-electron chi connectivity index (χ0n) is 12.7. The fourth-order valence-corrected chi connectivity index (χ4v) is 2.03. The van der Waals surface area contributed by atoms with Crippen molar-refractivity contribution in [2.75, 3.05) is 7.11 Å². The number of methoxy groups -OCH3 is 1. The molecule has 0 radical (unpaired) electrons. The van der Waals surface area contributed by atoms with E-state index in [0.29, 0.717) is 17.3 Å². The van der Waals surface area contributed by atoms with Crippen LogP contribution in [-0.2, 0) is 0 Å². The summed E-state index contributed by atoms with van der Waals surface area (Å²) in [6.07, 6.45) is 3.54. The third-order valence-electron chi connectivity index (χ3n) is 3.30. The van der Waals surface area contributed by atoms with Crippen LogP contribution in [0.4, 0.5) is 5.69 Å². The van der Waals surface area contributed by atoms with Gasteiger partial charge < -0.3 is 9.15 Å². The molecule has 120 valence electrons. The highest BCUT2D eigenvalue weighted by Gasteiger charge is 2.09. The summed E-state index contributed by atoms with van der Waals surface area (Å²) in [5.74, 6) is 1.43. The molecule has 0 saturated heterocycles. The largest absolute Gasteiger partial charge is 0.497 e. The highest BCUT2D eigenvalue weighted by atomic mass is 16.6. The van der Waals surface area contributed by atoms with E-state index in [-0.39, 0.29) is 5.69 Å². The van der Waals surface area contributed by atoms with Crippen LogP contribution in [0.1, 0.15) is 11.5 Å². The standard InChI is InChI=1S/C17H13N3O4/c1-23-15-9-2-12(3-10-15)4-11-16-18-19-17(24-16)13-5-7-14(8-6-13)20(21)22/h2-11H,1H3/b11-4+. The van der Waals surface area contributed by atoms with Crippen LogP contribution in [0.25, 0.3) is 23.6 Å². The van der Waals surface area contributed by atoms with E-state index in [9.17, 15) is 10.1 Å². The summed E-state index contributed by atoms with van der Waals surface area (Å²) in [7, 11) is 1.61. The Morgan fingerprint density at radius 3 is 2.38 bits per heavy atom. The van der Waals surface area contributed by atoms with Crippen LogP contribution in [0.15, 0.2) is 52.9 Å². The number of hydrogen-bond donors (Lipinski definition) is 0. The van der Waals surface area contributed by atoms with Crippen molar-refractivity contribution in [3.63, 3.8) is 0 Å². The maximum Gasteiger partial charge on any atom is 0.269 e. The van der Waals surface area contributed by atoms with Crippen LogP contribution in [0.5, 0.6) is 5.75 Å². The molecule has 0 aliphatic rings. The molecule has 1 heterocycles. The lowest BCUT2D eigenvalue weighted by atomic mass is 10.2. The predicted octanol–water partition coefficient (Wildman–Crippen LogP) is 3.82. The van der Waals surface area contributed by atoms with Gasteiger partial charge in [0.2, 0.25) is 11.8 Å². The second kappa shape index (κ2) is 6.74. The van der Waals surface area contributed by atoms with E-state index in [2.05, 4.69) is 10.2 Å². The minimum absolute atomic E-state index is 0.0119. The molecule has 0 N–H and O–H groups in total. The number of nitrogens with zero attached hydrogens (tertiary/aromatic N) is 3. The monoisotopic (exact) mass is 323 g/mol. The second-order valence-corrected chi connectivity index (χ2v) is 4.86. The van der Waals surface area contributed by atoms with E-state index >= 15 is 0 Å². The molecule has 7 nitrogen and oxygen atoms in total. The average Bonchev–Trinajstić information content (AvgIpc) is 3.09. The van der Waals surface area contributed by atoms with Gasteiger partial charge in [-0.15, -0.1) is 10.2 Å². The number of ether oxygens (including phenoxy) is 1. The van der Waals surface area contributed by atoms with Crippen molar-refractivity contribution in [2.45, 2.75) is 0 Å². The van der Waals surface area contributed by atoms with E-state index in [1.54, 1.807) is 25.3 Å². The summed E-state index contributed by atoms with van der Waals surface area (Å²) >= 11 is 0. The smallest absolute Gasteiger partial charge is 0.269 e. The van der Waals surface area contributed by atoms with Crippen molar-refractivity contribution >= 4 is 17.8 Å². The molecule has 0 atom stereocenters.